The number of para-hydroxylation sites is 1. The topological polar surface area (TPSA) is 22.0 Å². The van der Waals surface area contributed by atoms with Crippen molar-refractivity contribution in [3.05, 3.63) is 59.8 Å². The lowest BCUT2D eigenvalue weighted by Crippen LogP contribution is -2.10. The van der Waals surface area contributed by atoms with Gasteiger partial charge in [-0.3, -0.25) is 4.79 Å². The molecule has 0 amide bonds. The van der Waals surface area contributed by atoms with Gasteiger partial charge in [0, 0.05) is 34.8 Å². The highest BCUT2D eigenvalue weighted by molar-refractivity contribution is 6.23. The normalized spacial score (nSPS) is 17.0. The van der Waals surface area contributed by atoms with Gasteiger partial charge in [0.15, 0.2) is 5.78 Å². The number of nitrogens with zero attached hydrogens (tertiary/aromatic N) is 1. The number of Topliss-reactive ketones (excluding diaryl/α,β-unsaturated/α-hetero) is 1. The van der Waals surface area contributed by atoms with Gasteiger partial charge in [-0.1, -0.05) is 69.0 Å². The van der Waals surface area contributed by atoms with E-state index in [0.717, 1.165) is 35.0 Å². The summed E-state index contributed by atoms with van der Waals surface area (Å²) >= 11 is 6.19. The van der Waals surface area contributed by atoms with Crippen LogP contribution >= 0.6 is 11.6 Å². The molecule has 1 atom stereocenters. The second-order valence-electron chi connectivity index (χ2n) is 6.79. The monoisotopic (exact) mass is 355 g/mol. The first-order valence-corrected chi connectivity index (χ1v) is 9.78. The van der Waals surface area contributed by atoms with Crippen LogP contribution in [0.3, 0.4) is 0 Å². The highest BCUT2D eigenvalue weighted by atomic mass is 35.5. The van der Waals surface area contributed by atoms with Crippen molar-refractivity contribution in [1.29, 1.82) is 0 Å². The molecule has 2 nitrogen and oxygen atoms in total. The molecule has 0 aliphatic heterocycles. The summed E-state index contributed by atoms with van der Waals surface area (Å²) in [5.74, 6) is 0.107. The average Bonchev–Trinajstić information content (AvgIpc) is 3.00. The van der Waals surface area contributed by atoms with Crippen molar-refractivity contribution >= 4 is 28.3 Å². The molecule has 1 aliphatic rings. The summed E-state index contributed by atoms with van der Waals surface area (Å²) in [6.45, 7) is 3.20. The van der Waals surface area contributed by atoms with Crippen LogP contribution in [-0.2, 0) is 6.54 Å². The number of hydrogen-bond donors (Lipinski definition) is 0. The number of rotatable bonds is 8. The zero-order chi connectivity index (χ0) is 17.6. The Morgan fingerprint density at radius 2 is 2.00 bits per heavy atom. The highest BCUT2D eigenvalue weighted by Gasteiger charge is 2.21. The summed E-state index contributed by atoms with van der Waals surface area (Å²) in [7, 11) is 0. The summed E-state index contributed by atoms with van der Waals surface area (Å²) in [5, 5.41) is 0.957. The minimum absolute atomic E-state index is 0.0872. The molecule has 0 fully saturated rings. The summed E-state index contributed by atoms with van der Waals surface area (Å²) < 4.78 is 2.24. The van der Waals surface area contributed by atoms with Gasteiger partial charge in [-0.25, -0.2) is 0 Å². The van der Waals surface area contributed by atoms with Crippen molar-refractivity contribution in [1.82, 2.24) is 4.57 Å². The third-order valence-corrected chi connectivity index (χ3v) is 5.16. The Morgan fingerprint density at radius 1 is 1.20 bits per heavy atom. The highest BCUT2D eigenvalue weighted by Crippen LogP contribution is 2.27. The molecule has 0 saturated carbocycles. The van der Waals surface area contributed by atoms with E-state index < -0.39 is 0 Å². The number of aryl methyl sites for hydroxylation is 1. The number of unbranched alkanes of at least 4 members (excludes halogenated alkanes) is 4. The van der Waals surface area contributed by atoms with E-state index in [-0.39, 0.29) is 11.2 Å². The maximum absolute atomic E-state index is 13.0. The van der Waals surface area contributed by atoms with Gasteiger partial charge in [0.2, 0.25) is 0 Å². The van der Waals surface area contributed by atoms with Crippen LogP contribution in [0.1, 0.15) is 55.8 Å². The maximum atomic E-state index is 13.0. The average molecular weight is 356 g/mol. The van der Waals surface area contributed by atoms with Gasteiger partial charge in [0.25, 0.3) is 0 Å². The van der Waals surface area contributed by atoms with E-state index in [1.807, 2.05) is 42.6 Å². The van der Waals surface area contributed by atoms with E-state index in [4.69, 9.17) is 11.6 Å². The molecule has 132 valence electrons. The molecule has 1 aromatic heterocycles. The van der Waals surface area contributed by atoms with Crippen molar-refractivity contribution in [3.8, 4) is 0 Å². The molecule has 3 rings (SSSR count). The van der Waals surface area contributed by atoms with E-state index in [0.29, 0.717) is 6.42 Å². The molecular formula is C22H26ClNO. The first-order chi connectivity index (χ1) is 12.2. The third kappa shape index (κ3) is 4.24. The lowest BCUT2D eigenvalue weighted by atomic mass is 9.96. The van der Waals surface area contributed by atoms with Gasteiger partial charge in [0.1, 0.15) is 0 Å². The van der Waals surface area contributed by atoms with Crippen molar-refractivity contribution in [2.45, 2.75) is 57.4 Å². The third-order valence-electron chi connectivity index (χ3n) is 4.86. The smallest absolute Gasteiger partial charge is 0.191 e. The number of hydrogen-bond acceptors (Lipinski definition) is 1. The number of allylic oxidation sites excluding steroid dienone is 4. The summed E-state index contributed by atoms with van der Waals surface area (Å²) in [6, 6.07) is 8.21. The quantitative estimate of drug-likeness (QED) is 0.310. The molecular weight excluding hydrogens is 330 g/mol. The number of fused-ring (bicyclic) bond motifs is 1. The van der Waals surface area contributed by atoms with Gasteiger partial charge >= 0.3 is 0 Å². The molecule has 0 bridgehead atoms. The Balaban J connectivity index is 1.82. The standard InChI is InChI=1S/C22H26ClNO/c1-2-3-4-5-8-14-24-16-20(19-12-6-7-13-21(19)24)22(25)17-10-9-11-18(23)15-17/h6-7,9-13,16,18H,2-5,8,14-15H2,1H3. The second kappa shape index (κ2) is 8.53. The number of carbonyl (C=O) groups excluding carboxylic acids is 1. The molecule has 1 unspecified atom stereocenters. The van der Waals surface area contributed by atoms with E-state index in [2.05, 4.69) is 17.6 Å². The van der Waals surface area contributed by atoms with Crippen LogP contribution < -0.4 is 0 Å². The SMILES string of the molecule is CCCCCCCn1cc(C(=O)C2=CC=CC(Cl)C2)c2ccccc21. The fourth-order valence-corrected chi connectivity index (χ4v) is 3.73. The van der Waals surface area contributed by atoms with Crippen molar-refractivity contribution < 1.29 is 4.79 Å². The van der Waals surface area contributed by atoms with E-state index in [9.17, 15) is 4.79 Å². The number of aromatic nitrogens is 1. The molecule has 3 heteroatoms. The fraction of sp³-hybridized carbons (Fsp3) is 0.409. The lowest BCUT2D eigenvalue weighted by Gasteiger charge is -2.11. The van der Waals surface area contributed by atoms with Crippen LogP contribution in [0.2, 0.25) is 0 Å². The minimum Gasteiger partial charge on any atom is -0.347 e. The van der Waals surface area contributed by atoms with Crippen molar-refractivity contribution in [2.24, 2.45) is 0 Å². The molecule has 2 aromatic rings. The van der Waals surface area contributed by atoms with E-state index in [1.165, 1.54) is 25.7 Å². The number of alkyl halides is 1. The van der Waals surface area contributed by atoms with Crippen LogP contribution in [0.4, 0.5) is 0 Å². The Kier molecular flexibility index (Phi) is 6.14. The lowest BCUT2D eigenvalue weighted by molar-refractivity contribution is 0.103. The molecule has 0 saturated heterocycles. The zero-order valence-corrected chi connectivity index (χ0v) is 15.6. The van der Waals surface area contributed by atoms with Crippen molar-refractivity contribution in [2.75, 3.05) is 0 Å². The van der Waals surface area contributed by atoms with Gasteiger partial charge in [-0.05, 0) is 18.9 Å². The first-order valence-electron chi connectivity index (χ1n) is 9.34. The summed E-state index contributed by atoms with van der Waals surface area (Å²) in [4.78, 5) is 13.0. The molecule has 0 radical (unpaired) electrons. The molecule has 1 aliphatic carbocycles. The zero-order valence-electron chi connectivity index (χ0n) is 14.9. The predicted octanol–water partition coefficient (Wildman–Crippen LogP) is 6.29. The molecule has 0 N–H and O–H groups in total. The number of carbonyl (C=O) groups is 1. The van der Waals surface area contributed by atoms with Crippen LogP contribution in [0, 0.1) is 0 Å². The molecule has 0 spiro atoms. The van der Waals surface area contributed by atoms with Crippen LogP contribution in [0.15, 0.2) is 54.3 Å². The maximum Gasteiger partial charge on any atom is 0.191 e. The van der Waals surface area contributed by atoms with E-state index >= 15 is 0 Å². The van der Waals surface area contributed by atoms with Crippen LogP contribution in [-0.4, -0.2) is 15.7 Å². The van der Waals surface area contributed by atoms with Crippen molar-refractivity contribution in [3.63, 3.8) is 0 Å². The molecule has 1 aromatic carbocycles. The molecule has 1 heterocycles. The van der Waals surface area contributed by atoms with Crippen LogP contribution in [0.5, 0.6) is 0 Å². The van der Waals surface area contributed by atoms with Gasteiger partial charge < -0.3 is 4.57 Å². The number of halogens is 1. The van der Waals surface area contributed by atoms with E-state index in [1.54, 1.807) is 0 Å². The predicted molar refractivity (Wildman–Crippen MR) is 107 cm³/mol. The Labute approximate surface area is 155 Å². The summed E-state index contributed by atoms with van der Waals surface area (Å²) in [5.41, 5.74) is 2.75. The number of ketones is 1. The Morgan fingerprint density at radius 3 is 2.80 bits per heavy atom. The number of benzene rings is 1. The Bertz CT molecular complexity index is 799. The fourth-order valence-electron chi connectivity index (χ4n) is 3.48. The first kappa shape index (κ1) is 18.0. The minimum atomic E-state index is -0.0872. The Hall–Kier alpha value is -1.80. The van der Waals surface area contributed by atoms with Gasteiger partial charge in [0.05, 0.1) is 5.38 Å². The van der Waals surface area contributed by atoms with Gasteiger partial charge in [-0.2, -0.15) is 0 Å². The van der Waals surface area contributed by atoms with Crippen LogP contribution in [0.25, 0.3) is 10.9 Å². The molecule has 25 heavy (non-hydrogen) atoms. The summed E-state index contributed by atoms with van der Waals surface area (Å²) in [6.07, 6.45) is 14.6. The second-order valence-corrected chi connectivity index (χ2v) is 7.35. The largest absolute Gasteiger partial charge is 0.347 e. The van der Waals surface area contributed by atoms with Gasteiger partial charge in [-0.15, -0.1) is 11.6 Å².